The van der Waals surface area contributed by atoms with Crippen LogP contribution in [0.1, 0.15) is 25.7 Å². The molecule has 1 heterocycles. The Labute approximate surface area is 100 Å². The van der Waals surface area contributed by atoms with E-state index >= 15 is 0 Å². The van der Waals surface area contributed by atoms with E-state index < -0.39 is 0 Å². The molecule has 0 aliphatic heterocycles. The van der Waals surface area contributed by atoms with Gasteiger partial charge in [-0.2, -0.15) is 0 Å². The monoisotopic (exact) mass is 241 g/mol. The molecule has 88 valence electrons. The zero-order chi connectivity index (χ0) is 11.4. The molecule has 1 aromatic rings. The molecule has 0 saturated heterocycles. The van der Waals surface area contributed by atoms with E-state index in [2.05, 4.69) is 15.3 Å². The Balaban J connectivity index is 1.79. The fourth-order valence-electron chi connectivity index (χ4n) is 2.03. The van der Waals surface area contributed by atoms with Gasteiger partial charge in [-0.05, 0) is 49.3 Å². The number of aliphatic hydroxyl groups is 1. The number of halogens is 1. The molecule has 1 aromatic heterocycles. The van der Waals surface area contributed by atoms with Crippen LogP contribution in [0.4, 0.5) is 5.82 Å². The smallest absolute Gasteiger partial charge is 0.224 e. The van der Waals surface area contributed by atoms with E-state index in [1.54, 1.807) is 6.20 Å². The van der Waals surface area contributed by atoms with Gasteiger partial charge < -0.3 is 10.4 Å². The third kappa shape index (κ3) is 3.32. The van der Waals surface area contributed by atoms with Crippen molar-refractivity contribution in [2.45, 2.75) is 31.8 Å². The second kappa shape index (κ2) is 5.46. The fourth-order valence-corrected chi connectivity index (χ4v) is 2.18. The van der Waals surface area contributed by atoms with E-state index in [1.165, 1.54) is 0 Å². The summed E-state index contributed by atoms with van der Waals surface area (Å²) in [7, 11) is 0. The van der Waals surface area contributed by atoms with E-state index in [9.17, 15) is 5.11 Å². The lowest BCUT2D eigenvalue weighted by molar-refractivity contribution is 0.111. The maximum absolute atomic E-state index is 9.39. The number of hydrogen-bond donors (Lipinski definition) is 2. The molecule has 1 fully saturated rings. The van der Waals surface area contributed by atoms with Gasteiger partial charge >= 0.3 is 0 Å². The molecule has 1 aliphatic carbocycles. The molecule has 0 radical (unpaired) electrons. The minimum atomic E-state index is -0.0928. The van der Waals surface area contributed by atoms with Gasteiger partial charge in [0.1, 0.15) is 5.82 Å². The molecular weight excluding hydrogens is 226 g/mol. The first kappa shape index (κ1) is 11.6. The topological polar surface area (TPSA) is 58.0 Å². The minimum Gasteiger partial charge on any atom is -0.393 e. The fraction of sp³-hybridized carbons (Fsp3) is 0.636. The number of nitrogens with zero attached hydrogens (tertiary/aromatic N) is 2. The summed E-state index contributed by atoms with van der Waals surface area (Å²) in [6, 6.07) is 1.81. The molecule has 0 aromatic carbocycles. The van der Waals surface area contributed by atoms with Crippen LogP contribution in [0.25, 0.3) is 0 Å². The Bertz CT molecular complexity index is 340. The van der Waals surface area contributed by atoms with Crippen LogP contribution in [-0.2, 0) is 0 Å². The van der Waals surface area contributed by atoms with Crippen molar-refractivity contribution in [1.29, 1.82) is 0 Å². The van der Waals surface area contributed by atoms with Gasteiger partial charge in [0.15, 0.2) is 0 Å². The second-order valence-corrected chi connectivity index (χ2v) is 4.60. The molecule has 0 amide bonds. The van der Waals surface area contributed by atoms with Crippen molar-refractivity contribution in [3.8, 4) is 0 Å². The van der Waals surface area contributed by atoms with Gasteiger partial charge in [0, 0.05) is 12.7 Å². The molecule has 2 N–H and O–H groups in total. The first-order valence-corrected chi connectivity index (χ1v) is 6.02. The standard InChI is InChI=1S/C11H16ClN3O/c12-11-13-6-5-10(15-11)14-7-8-1-3-9(16)4-2-8/h5-6,8-9,16H,1-4,7H2,(H,13,14,15). The SMILES string of the molecule is OC1CCC(CNc2ccnc(Cl)n2)CC1. The molecule has 4 nitrogen and oxygen atoms in total. The number of rotatable bonds is 3. The van der Waals surface area contributed by atoms with Gasteiger partial charge in [-0.25, -0.2) is 9.97 Å². The third-order valence-corrected chi connectivity index (χ3v) is 3.20. The van der Waals surface area contributed by atoms with Crippen molar-refractivity contribution in [2.75, 3.05) is 11.9 Å². The van der Waals surface area contributed by atoms with Crippen molar-refractivity contribution < 1.29 is 5.11 Å². The first-order valence-electron chi connectivity index (χ1n) is 5.64. The molecule has 1 saturated carbocycles. The molecule has 2 rings (SSSR count). The van der Waals surface area contributed by atoms with Crippen LogP contribution in [-0.4, -0.2) is 27.7 Å². The molecule has 0 spiro atoms. The Morgan fingerprint density at radius 2 is 2.12 bits per heavy atom. The summed E-state index contributed by atoms with van der Waals surface area (Å²) in [5, 5.41) is 12.9. The summed E-state index contributed by atoms with van der Waals surface area (Å²) in [4.78, 5) is 7.89. The van der Waals surface area contributed by atoms with Gasteiger partial charge in [0.25, 0.3) is 0 Å². The third-order valence-electron chi connectivity index (χ3n) is 3.01. The largest absolute Gasteiger partial charge is 0.393 e. The highest BCUT2D eigenvalue weighted by atomic mass is 35.5. The molecular formula is C11H16ClN3O. The Morgan fingerprint density at radius 3 is 2.81 bits per heavy atom. The van der Waals surface area contributed by atoms with Gasteiger partial charge in [-0.1, -0.05) is 0 Å². The van der Waals surface area contributed by atoms with Crippen LogP contribution in [0.5, 0.6) is 0 Å². The minimum absolute atomic E-state index is 0.0928. The average Bonchev–Trinajstić information content (AvgIpc) is 2.28. The highest BCUT2D eigenvalue weighted by Crippen LogP contribution is 2.24. The van der Waals surface area contributed by atoms with Crippen LogP contribution in [0.15, 0.2) is 12.3 Å². The Kier molecular flexibility index (Phi) is 3.96. The van der Waals surface area contributed by atoms with Gasteiger partial charge in [0.05, 0.1) is 6.10 Å². The first-order chi connectivity index (χ1) is 7.74. The predicted octanol–water partition coefficient (Wildman–Crippen LogP) is 2.09. The summed E-state index contributed by atoms with van der Waals surface area (Å²) in [6.45, 7) is 0.889. The molecule has 0 bridgehead atoms. The maximum Gasteiger partial charge on any atom is 0.224 e. The van der Waals surface area contributed by atoms with Crippen molar-refractivity contribution in [3.05, 3.63) is 17.5 Å². The van der Waals surface area contributed by atoms with Gasteiger partial charge in [-0.15, -0.1) is 0 Å². The summed E-state index contributed by atoms with van der Waals surface area (Å²) >= 11 is 5.69. The lowest BCUT2D eigenvalue weighted by Crippen LogP contribution is -2.23. The van der Waals surface area contributed by atoms with Crippen LogP contribution in [0, 0.1) is 5.92 Å². The summed E-state index contributed by atoms with van der Waals surface area (Å²) in [5.74, 6) is 1.39. The molecule has 16 heavy (non-hydrogen) atoms. The molecule has 1 aliphatic rings. The number of aromatic nitrogens is 2. The lowest BCUT2D eigenvalue weighted by atomic mass is 9.87. The van der Waals surface area contributed by atoms with Crippen molar-refractivity contribution in [3.63, 3.8) is 0 Å². The zero-order valence-corrected chi connectivity index (χ0v) is 9.82. The molecule has 0 atom stereocenters. The molecule has 0 unspecified atom stereocenters. The van der Waals surface area contributed by atoms with E-state index in [0.717, 1.165) is 38.0 Å². The van der Waals surface area contributed by atoms with E-state index in [-0.39, 0.29) is 11.4 Å². The average molecular weight is 242 g/mol. The highest BCUT2D eigenvalue weighted by Gasteiger charge is 2.18. The number of hydrogen-bond acceptors (Lipinski definition) is 4. The predicted molar refractivity (Wildman–Crippen MR) is 63.5 cm³/mol. The van der Waals surface area contributed by atoms with Crippen LogP contribution in [0.2, 0.25) is 5.28 Å². The maximum atomic E-state index is 9.39. The number of aliphatic hydroxyl groups excluding tert-OH is 1. The second-order valence-electron chi connectivity index (χ2n) is 4.27. The van der Waals surface area contributed by atoms with Crippen molar-refractivity contribution in [2.24, 2.45) is 5.92 Å². The number of anilines is 1. The normalized spacial score (nSPS) is 25.4. The summed E-state index contributed by atoms with van der Waals surface area (Å²) in [6.07, 6.45) is 5.53. The van der Waals surface area contributed by atoms with Crippen LogP contribution in [0.3, 0.4) is 0 Å². The van der Waals surface area contributed by atoms with Gasteiger partial charge in [-0.3, -0.25) is 0 Å². The Morgan fingerprint density at radius 1 is 1.38 bits per heavy atom. The quantitative estimate of drug-likeness (QED) is 0.796. The van der Waals surface area contributed by atoms with Crippen molar-refractivity contribution in [1.82, 2.24) is 9.97 Å². The lowest BCUT2D eigenvalue weighted by Gasteiger charge is -2.25. The van der Waals surface area contributed by atoms with Crippen LogP contribution >= 0.6 is 11.6 Å². The van der Waals surface area contributed by atoms with E-state index in [1.807, 2.05) is 6.07 Å². The molecule has 5 heteroatoms. The number of nitrogens with one attached hydrogen (secondary N) is 1. The van der Waals surface area contributed by atoms with Crippen molar-refractivity contribution >= 4 is 17.4 Å². The highest BCUT2D eigenvalue weighted by molar-refractivity contribution is 6.28. The van der Waals surface area contributed by atoms with E-state index in [0.29, 0.717) is 5.92 Å². The zero-order valence-electron chi connectivity index (χ0n) is 9.06. The van der Waals surface area contributed by atoms with Gasteiger partial charge in [0.2, 0.25) is 5.28 Å². The summed E-state index contributed by atoms with van der Waals surface area (Å²) < 4.78 is 0. The van der Waals surface area contributed by atoms with Crippen LogP contribution < -0.4 is 5.32 Å². The van der Waals surface area contributed by atoms with E-state index in [4.69, 9.17) is 11.6 Å². The Hall–Kier alpha value is -0.870. The summed E-state index contributed by atoms with van der Waals surface area (Å²) in [5.41, 5.74) is 0.